The first-order valence-electron chi connectivity index (χ1n) is 8.42. The lowest BCUT2D eigenvalue weighted by atomic mass is 10.1. The second-order valence-corrected chi connectivity index (χ2v) is 7.73. The van der Waals surface area contributed by atoms with Gasteiger partial charge < -0.3 is 10.2 Å². The number of halogens is 1. The molecule has 1 N–H and O–H groups in total. The Kier molecular flexibility index (Phi) is 6.04. The van der Waals surface area contributed by atoms with E-state index in [4.69, 9.17) is 11.6 Å². The predicted octanol–water partition coefficient (Wildman–Crippen LogP) is 4.56. The SMILES string of the molecule is C=C(C)CNC(=O)/C=C1/Sc2ccccc2N(Cc2ccccc2Cl)C1=O. The summed E-state index contributed by atoms with van der Waals surface area (Å²) in [6.07, 6.45) is 1.35. The van der Waals surface area contributed by atoms with Crippen LogP contribution in [0.5, 0.6) is 0 Å². The predicted molar refractivity (Wildman–Crippen MR) is 111 cm³/mol. The van der Waals surface area contributed by atoms with Gasteiger partial charge in [0.2, 0.25) is 5.91 Å². The lowest BCUT2D eigenvalue weighted by Gasteiger charge is -2.30. The van der Waals surface area contributed by atoms with Crippen molar-refractivity contribution in [3.05, 3.63) is 82.3 Å². The molecule has 27 heavy (non-hydrogen) atoms. The van der Waals surface area contributed by atoms with Crippen LogP contribution in [0.2, 0.25) is 5.02 Å². The average Bonchev–Trinajstić information content (AvgIpc) is 2.65. The number of anilines is 1. The molecule has 2 aromatic carbocycles. The summed E-state index contributed by atoms with van der Waals surface area (Å²) in [4.78, 5) is 28.2. The summed E-state index contributed by atoms with van der Waals surface area (Å²) in [5, 5.41) is 3.33. The Balaban J connectivity index is 1.92. The van der Waals surface area contributed by atoms with Crippen molar-refractivity contribution in [1.82, 2.24) is 5.32 Å². The largest absolute Gasteiger partial charge is 0.349 e. The van der Waals surface area contributed by atoms with Gasteiger partial charge in [0.1, 0.15) is 0 Å². The number of para-hydroxylation sites is 1. The Morgan fingerprint density at radius 2 is 1.93 bits per heavy atom. The molecule has 0 aromatic heterocycles. The van der Waals surface area contributed by atoms with Gasteiger partial charge in [0.25, 0.3) is 5.91 Å². The molecule has 0 radical (unpaired) electrons. The van der Waals surface area contributed by atoms with Crippen LogP contribution in [0.3, 0.4) is 0 Å². The first-order valence-corrected chi connectivity index (χ1v) is 9.61. The molecular formula is C21H19ClN2O2S. The molecule has 3 rings (SSSR count). The molecule has 4 nitrogen and oxygen atoms in total. The van der Waals surface area contributed by atoms with Crippen LogP contribution in [-0.2, 0) is 16.1 Å². The van der Waals surface area contributed by atoms with Crippen LogP contribution in [0, 0.1) is 0 Å². The zero-order chi connectivity index (χ0) is 19.4. The number of nitrogens with one attached hydrogen (secondary N) is 1. The molecule has 1 aliphatic heterocycles. The van der Waals surface area contributed by atoms with Gasteiger partial charge in [0, 0.05) is 22.5 Å². The standard InChI is InChI=1S/C21H19ClN2O2S/c1-14(2)12-23-20(25)11-19-21(26)24(13-15-7-3-4-8-16(15)22)17-9-5-6-10-18(17)27-19/h3-11H,1,12-13H2,2H3,(H,23,25)/b19-11+. The normalized spacial score (nSPS) is 14.8. The van der Waals surface area contributed by atoms with Crippen molar-refractivity contribution in [2.45, 2.75) is 18.4 Å². The van der Waals surface area contributed by atoms with Crippen molar-refractivity contribution < 1.29 is 9.59 Å². The molecule has 0 saturated carbocycles. The van der Waals surface area contributed by atoms with Crippen LogP contribution in [0.15, 0.2) is 76.6 Å². The fraction of sp³-hybridized carbons (Fsp3) is 0.143. The van der Waals surface area contributed by atoms with Crippen molar-refractivity contribution >= 4 is 40.9 Å². The van der Waals surface area contributed by atoms with Crippen molar-refractivity contribution in [1.29, 1.82) is 0 Å². The average molecular weight is 399 g/mol. The van der Waals surface area contributed by atoms with E-state index in [0.717, 1.165) is 21.7 Å². The maximum atomic E-state index is 13.1. The zero-order valence-corrected chi connectivity index (χ0v) is 16.4. The van der Waals surface area contributed by atoms with E-state index in [1.54, 1.807) is 11.0 Å². The van der Waals surface area contributed by atoms with Gasteiger partial charge in [-0.2, -0.15) is 0 Å². The second-order valence-electron chi connectivity index (χ2n) is 6.24. The molecular weight excluding hydrogens is 380 g/mol. The van der Waals surface area contributed by atoms with E-state index < -0.39 is 0 Å². The Bertz CT molecular complexity index is 939. The number of fused-ring (bicyclic) bond motifs is 1. The second kappa shape index (κ2) is 8.46. The lowest BCUT2D eigenvalue weighted by Crippen LogP contribution is -2.34. The fourth-order valence-corrected chi connectivity index (χ4v) is 3.85. The number of hydrogen-bond donors (Lipinski definition) is 1. The molecule has 1 heterocycles. The number of hydrogen-bond acceptors (Lipinski definition) is 3. The molecule has 0 aliphatic carbocycles. The maximum Gasteiger partial charge on any atom is 0.265 e. The Hall–Kier alpha value is -2.50. The van der Waals surface area contributed by atoms with E-state index >= 15 is 0 Å². The van der Waals surface area contributed by atoms with E-state index in [-0.39, 0.29) is 11.8 Å². The van der Waals surface area contributed by atoms with Crippen molar-refractivity contribution in [3.63, 3.8) is 0 Å². The third-order valence-electron chi connectivity index (χ3n) is 3.94. The van der Waals surface area contributed by atoms with Gasteiger partial charge in [-0.1, -0.05) is 65.8 Å². The van der Waals surface area contributed by atoms with Crippen molar-refractivity contribution in [3.8, 4) is 0 Å². The molecule has 2 amide bonds. The highest BCUT2D eigenvalue weighted by molar-refractivity contribution is 8.04. The zero-order valence-electron chi connectivity index (χ0n) is 14.9. The quantitative estimate of drug-likeness (QED) is 0.593. The van der Waals surface area contributed by atoms with Gasteiger partial charge in [-0.05, 0) is 30.7 Å². The van der Waals surface area contributed by atoms with E-state index in [0.29, 0.717) is 23.0 Å². The molecule has 0 fully saturated rings. The van der Waals surface area contributed by atoms with Crippen LogP contribution in [0.4, 0.5) is 5.69 Å². The number of thioether (sulfide) groups is 1. The van der Waals surface area contributed by atoms with Crippen LogP contribution in [0.1, 0.15) is 12.5 Å². The smallest absolute Gasteiger partial charge is 0.265 e. The van der Waals surface area contributed by atoms with Crippen LogP contribution in [0.25, 0.3) is 0 Å². The van der Waals surface area contributed by atoms with E-state index in [1.165, 1.54) is 17.8 Å². The minimum absolute atomic E-state index is 0.218. The molecule has 138 valence electrons. The molecule has 2 aromatic rings. The van der Waals surface area contributed by atoms with E-state index in [9.17, 15) is 9.59 Å². The molecule has 0 saturated heterocycles. The van der Waals surface area contributed by atoms with Crippen molar-refractivity contribution in [2.75, 3.05) is 11.4 Å². The minimum Gasteiger partial charge on any atom is -0.349 e. The third-order valence-corrected chi connectivity index (χ3v) is 5.39. The van der Waals surface area contributed by atoms with Crippen LogP contribution >= 0.6 is 23.4 Å². The Morgan fingerprint density at radius 3 is 2.67 bits per heavy atom. The van der Waals surface area contributed by atoms with Crippen LogP contribution < -0.4 is 10.2 Å². The molecule has 1 aliphatic rings. The van der Waals surface area contributed by atoms with Gasteiger partial charge in [-0.15, -0.1) is 0 Å². The van der Waals surface area contributed by atoms with Crippen LogP contribution in [-0.4, -0.2) is 18.4 Å². The highest BCUT2D eigenvalue weighted by Gasteiger charge is 2.30. The highest BCUT2D eigenvalue weighted by atomic mass is 35.5. The Morgan fingerprint density at radius 1 is 1.22 bits per heavy atom. The lowest BCUT2D eigenvalue weighted by molar-refractivity contribution is -0.117. The van der Waals surface area contributed by atoms with Gasteiger partial charge >= 0.3 is 0 Å². The monoisotopic (exact) mass is 398 g/mol. The van der Waals surface area contributed by atoms with Gasteiger partial charge in [0.05, 0.1) is 17.1 Å². The summed E-state index contributed by atoms with van der Waals surface area (Å²) < 4.78 is 0. The summed E-state index contributed by atoms with van der Waals surface area (Å²) in [5.74, 6) is -0.532. The maximum absolute atomic E-state index is 13.1. The molecule has 0 atom stereocenters. The van der Waals surface area contributed by atoms with E-state index in [1.807, 2.05) is 49.4 Å². The Labute approximate surface area is 167 Å². The first-order chi connectivity index (χ1) is 13.0. The summed E-state index contributed by atoms with van der Waals surface area (Å²) in [6.45, 7) is 6.30. The number of rotatable bonds is 5. The van der Waals surface area contributed by atoms with Gasteiger partial charge in [-0.3, -0.25) is 9.59 Å². The van der Waals surface area contributed by atoms with Gasteiger partial charge in [-0.25, -0.2) is 0 Å². The van der Waals surface area contributed by atoms with Crippen molar-refractivity contribution in [2.24, 2.45) is 0 Å². The number of benzene rings is 2. The summed E-state index contributed by atoms with van der Waals surface area (Å²) in [6, 6.07) is 15.1. The first kappa shape index (κ1) is 19.3. The summed E-state index contributed by atoms with van der Waals surface area (Å²) in [7, 11) is 0. The topological polar surface area (TPSA) is 49.4 Å². The number of carbonyl (C=O) groups is 2. The molecule has 6 heteroatoms. The number of carbonyl (C=O) groups excluding carboxylic acids is 2. The summed E-state index contributed by atoms with van der Waals surface area (Å²) >= 11 is 7.58. The number of nitrogens with zero attached hydrogens (tertiary/aromatic N) is 1. The highest BCUT2D eigenvalue weighted by Crippen LogP contribution is 2.42. The minimum atomic E-state index is -0.314. The molecule has 0 bridgehead atoms. The fourth-order valence-electron chi connectivity index (χ4n) is 2.62. The molecule has 0 spiro atoms. The summed E-state index contributed by atoms with van der Waals surface area (Å²) in [5.41, 5.74) is 2.50. The molecule has 0 unspecified atom stereocenters. The number of amides is 2. The third kappa shape index (κ3) is 4.62. The van der Waals surface area contributed by atoms with Gasteiger partial charge in [0.15, 0.2) is 0 Å². The van der Waals surface area contributed by atoms with E-state index in [2.05, 4.69) is 11.9 Å².